The van der Waals surface area contributed by atoms with E-state index in [1.54, 1.807) is 0 Å². The Morgan fingerprint density at radius 2 is 2.24 bits per heavy atom. The molecule has 1 aromatic carbocycles. The number of ether oxygens (including phenoxy) is 1. The van der Waals surface area contributed by atoms with Crippen molar-refractivity contribution in [3.05, 3.63) is 29.8 Å². The number of amides is 1. The fourth-order valence-electron chi connectivity index (χ4n) is 3.20. The van der Waals surface area contributed by atoms with Crippen LogP contribution in [0.2, 0.25) is 0 Å². The Hall–Kier alpha value is -1.55. The van der Waals surface area contributed by atoms with Crippen molar-refractivity contribution in [3.63, 3.8) is 0 Å². The van der Waals surface area contributed by atoms with Crippen LogP contribution in [0.1, 0.15) is 31.2 Å². The lowest BCUT2D eigenvalue weighted by molar-refractivity contribution is -0.121. The van der Waals surface area contributed by atoms with Gasteiger partial charge < -0.3 is 15.0 Å². The Kier molecular flexibility index (Phi) is 4.76. The number of nitrogens with zero attached hydrogens (tertiary/aromatic N) is 1. The highest BCUT2D eigenvalue weighted by molar-refractivity contribution is 5.76. The Morgan fingerprint density at radius 1 is 1.33 bits per heavy atom. The number of rotatable bonds is 5. The van der Waals surface area contributed by atoms with Crippen LogP contribution in [0.25, 0.3) is 0 Å². The lowest BCUT2D eigenvalue weighted by atomic mass is 10.0. The molecule has 1 atom stereocenters. The van der Waals surface area contributed by atoms with E-state index in [2.05, 4.69) is 34.5 Å². The van der Waals surface area contributed by atoms with Gasteiger partial charge in [0.05, 0.1) is 6.10 Å². The van der Waals surface area contributed by atoms with E-state index in [0.29, 0.717) is 13.0 Å². The number of hydrogen-bond acceptors (Lipinski definition) is 3. The predicted octanol–water partition coefficient (Wildman–Crippen LogP) is 2.12. The molecular formula is C17H24N2O2. The van der Waals surface area contributed by atoms with Crippen LogP contribution in [0.5, 0.6) is 0 Å². The molecule has 4 heteroatoms. The second-order valence-corrected chi connectivity index (χ2v) is 5.91. The van der Waals surface area contributed by atoms with E-state index in [-0.39, 0.29) is 12.0 Å². The van der Waals surface area contributed by atoms with Crippen LogP contribution < -0.4 is 10.2 Å². The van der Waals surface area contributed by atoms with E-state index in [4.69, 9.17) is 4.74 Å². The van der Waals surface area contributed by atoms with Crippen molar-refractivity contribution in [3.8, 4) is 0 Å². The number of carbonyl (C=O) groups excluding carboxylic acids is 1. The highest BCUT2D eigenvalue weighted by Gasteiger charge is 2.18. The van der Waals surface area contributed by atoms with Gasteiger partial charge >= 0.3 is 0 Å². The van der Waals surface area contributed by atoms with Crippen molar-refractivity contribution < 1.29 is 9.53 Å². The van der Waals surface area contributed by atoms with Crippen LogP contribution in [0.4, 0.5) is 5.69 Å². The lowest BCUT2D eigenvalue weighted by Gasteiger charge is -2.31. The number of benzene rings is 1. The molecule has 1 aromatic rings. The Morgan fingerprint density at radius 3 is 3.10 bits per heavy atom. The second kappa shape index (κ2) is 6.94. The largest absolute Gasteiger partial charge is 0.376 e. The van der Waals surface area contributed by atoms with Crippen molar-refractivity contribution in [2.75, 3.05) is 31.1 Å². The number of para-hydroxylation sites is 1. The highest BCUT2D eigenvalue weighted by atomic mass is 16.5. The van der Waals surface area contributed by atoms with E-state index in [0.717, 1.165) is 39.0 Å². The van der Waals surface area contributed by atoms with Crippen LogP contribution in [0.15, 0.2) is 24.3 Å². The maximum Gasteiger partial charge on any atom is 0.221 e. The molecule has 1 N–H and O–H groups in total. The molecule has 4 nitrogen and oxygen atoms in total. The average Bonchev–Trinajstić information content (AvgIpc) is 3.04. The van der Waals surface area contributed by atoms with Crippen molar-refractivity contribution >= 4 is 11.6 Å². The summed E-state index contributed by atoms with van der Waals surface area (Å²) in [5, 5.41) is 3.00. The summed E-state index contributed by atoms with van der Waals surface area (Å²) in [5.41, 5.74) is 2.71. The van der Waals surface area contributed by atoms with Gasteiger partial charge in [0, 0.05) is 38.3 Å². The van der Waals surface area contributed by atoms with Gasteiger partial charge in [-0.1, -0.05) is 18.2 Å². The minimum Gasteiger partial charge on any atom is -0.376 e. The molecule has 0 spiro atoms. The third kappa shape index (κ3) is 3.76. The summed E-state index contributed by atoms with van der Waals surface area (Å²) in [5.74, 6) is 0.133. The third-order valence-corrected chi connectivity index (χ3v) is 4.37. The molecule has 2 heterocycles. The summed E-state index contributed by atoms with van der Waals surface area (Å²) in [6.45, 7) is 3.35. The molecule has 0 aliphatic carbocycles. The fraction of sp³-hybridized carbons (Fsp3) is 0.588. The van der Waals surface area contributed by atoms with Gasteiger partial charge in [-0.15, -0.1) is 0 Å². The van der Waals surface area contributed by atoms with Gasteiger partial charge in [-0.2, -0.15) is 0 Å². The van der Waals surface area contributed by atoms with Crippen molar-refractivity contribution in [1.82, 2.24) is 5.32 Å². The maximum absolute atomic E-state index is 12.0. The molecule has 114 valence electrons. The number of aryl methyl sites for hydroxylation is 1. The first-order valence-electron chi connectivity index (χ1n) is 8.04. The molecule has 2 aliphatic rings. The van der Waals surface area contributed by atoms with Gasteiger partial charge in [0.2, 0.25) is 5.91 Å². The number of carbonyl (C=O) groups is 1. The van der Waals surface area contributed by atoms with Crippen LogP contribution in [0.3, 0.4) is 0 Å². The molecule has 3 rings (SSSR count). The molecule has 1 amide bonds. The molecule has 1 unspecified atom stereocenters. The fourth-order valence-corrected chi connectivity index (χ4v) is 3.20. The minimum atomic E-state index is 0.133. The summed E-state index contributed by atoms with van der Waals surface area (Å²) in [7, 11) is 0. The number of hydrogen-bond donors (Lipinski definition) is 1. The molecule has 1 fully saturated rings. The van der Waals surface area contributed by atoms with Gasteiger partial charge in [0.15, 0.2) is 0 Å². The van der Waals surface area contributed by atoms with Crippen molar-refractivity contribution in [1.29, 1.82) is 0 Å². The quantitative estimate of drug-likeness (QED) is 0.902. The van der Waals surface area contributed by atoms with Gasteiger partial charge in [-0.25, -0.2) is 0 Å². The average molecular weight is 288 g/mol. The molecule has 0 radical (unpaired) electrons. The predicted molar refractivity (Wildman–Crippen MR) is 83.6 cm³/mol. The van der Waals surface area contributed by atoms with Crippen molar-refractivity contribution in [2.45, 2.75) is 38.2 Å². The van der Waals surface area contributed by atoms with E-state index < -0.39 is 0 Å². The van der Waals surface area contributed by atoms with E-state index in [9.17, 15) is 4.79 Å². The van der Waals surface area contributed by atoms with Gasteiger partial charge in [-0.05, 0) is 37.3 Å². The van der Waals surface area contributed by atoms with Crippen molar-refractivity contribution in [2.24, 2.45) is 0 Å². The Labute approximate surface area is 126 Å². The summed E-state index contributed by atoms with van der Waals surface area (Å²) in [4.78, 5) is 14.3. The minimum absolute atomic E-state index is 0.133. The summed E-state index contributed by atoms with van der Waals surface area (Å²) < 4.78 is 5.52. The van der Waals surface area contributed by atoms with Gasteiger partial charge in [0.1, 0.15) is 0 Å². The SMILES string of the molecule is O=C(CCN1CCCc2ccccc21)NCC1CCCO1. The molecule has 21 heavy (non-hydrogen) atoms. The maximum atomic E-state index is 12.0. The number of nitrogens with one attached hydrogen (secondary N) is 1. The van der Waals surface area contributed by atoms with E-state index in [1.165, 1.54) is 17.7 Å². The van der Waals surface area contributed by atoms with E-state index >= 15 is 0 Å². The van der Waals surface area contributed by atoms with Crippen LogP contribution in [-0.4, -0.2) is 38.3 Å². The Balaban J connectivity index is 1.45. The molecule has 0 saturated carbocycles. The van der Waals surface area contributed by atoms with Crippen LogP contribution in [0, 0.1) is 0 Å². The van der Waals surface area contributed by atoms with E-state index in [1.807, 2.05) is 0 Å². The van der Waals surface area contributed by atoms with Gasteiger partial charge in [0.25, 0.3) is 0 Å². The topological polar surface area (TPSA) is 41.6 Å². The van der Waals surface area contributed by atoms with Crippen LogP contribution >= 0.6 is 0 Å². The first kappa shape index (κ1) is 14.4. The lowest BCUT2D eigenvalue weighted by Crippen LogP contribution is -2.36. The van der Waals surface area contributed by atoms with Crippen LogP contribution in [-0.2, 0) is 16.0 Å². The number of fused-ring (bicyclic) bond motifs is 1. The standard InChI is InChI=1S/C17H24N2O2/c20-17(18-13-15-7-4-12-21-15)9-11-19-10-3-6-14-5-1-2-8-16(14)19/h1-2,5,8,15H,3-4,6-7,9-13H2,(H,18,20). The molecule has 1 saturated heterocycles. The van der Waals surface area contributed by atoms with Gasteiger partial charge in [-0.3, -0.25) is 4.79 Å². The first-order valence-corrected chi connectivity index (χ1v) is 8.04. The normalized spacial score (nSPS) is 21.1. The molecule has 2 aliphatic heterocycles. The third-order valence-electron chi connectivity index (χ3n) is 4.37. The molecule has 0 bridgehead atoms. The first-order chi connectivity index (χ1) is 10.3. The Bertz CT molecular complexity index is 483. The number of anilines is 1. The summed E-state index contributed by atoms with van der Waals surface area (Å²) in [6.07, 6.45) is 5.29. The zero-order valence-corrected chi connectivity index (χ0v) is 12.5. The zero-order valence-electron chi connectivity index (χ0n) is 12.5. The zero-order chi connectivity index (χ0) is 14.5. The molecule has 0 aromatic heterocycles. The summed E-state index contributed by atoms with van der Waals surface area (Å²) >= 11 is 0. The smallest absolute Gasteiger partial charge is 0.221 e. The monoisotopic (exact) mass is 288 g/mol. The highest BCUT2D eigenvalue weighted by Crippen LogP contribution is 2.26. The molecular weight excluding hydrogens is 264 g/mol. The summed E-state index contributed by atoms with van der Waals surface area (Å²) in [6, 6.07) is 8.53. The second-order valence-electron chi connectivity index (χ2n) is 5.91.